The minimum atomic E-state index is -4.47. The van der Waals surface area contributed by atoms with Gasteiger partial charge < -0.3 is 30.0 Å². The van der Waals surface area contributed by atoms with E-state index in [1.165, 1.54) is 13.0 Å². The lowest BCUT2D eigenvalue weighted by Crippen LogP contribution is -2.45. The quantitative estimate of drug-likeness (QED) is 0.127. The van der Waals surface area contributed by atoms with Crippen LogP contribution in [0.4, 0.5) is 17.6 Å². The van der Waals surface area contributed by atoms with Crippen molar-refractivity contribution in [2.45, 2.75) is 51.9 Å². The molecule has 0 radical (unpaired) electrons. The molecule has 46 heavy (non-hydrogen) atoms. The fourth-order valence-electron chi connectivity index (χ4n) is 5.06. The van der Waals surface area contributed by atoms with Crippen LogP contribution in [0, 0.1) is 11.8 Å². The smallest absolute Gasteiger partial charge is 0.416 e. The molecule has 4 rings (SSSR count). The van der Waals surface area contributed by atoms with E-state index in [1.54, 1.807) is 38.4 Å². The van der Waals surface area contributed by atoms with E-state index in [0.717, 1.165) is 44.2 Å². The topological polar surface area (TPSA) is 114 Å². The maximum Gasteiger partial charge on any atom is 0.416 e. The number of aliphatic hydroxyl groups excluding tert-OH is 1. The van der Waals surface area contributed by atoms with E-state index < -0.39 is 35.6 Å². The summed E-state index contributed by atoms with van der Waals surface area (Å²) in [6.07, 6.45) is 2.24. The van der Waals surface area contributed by atoms with Crippen LogP contribution in [0.2, 0.25) is 0 Å². The number of rotatable bonds is 13. The average Bonchev–Trinajstić information content (AvgIpc) is 3.03. The Morgan fingerprint density at radius 1 is 1.20 bits per heavy atom. The summed E-state index contributed by atoms with van der Waals surface area (Å²) in [5, 5.41) is 19.2. The normalized spacial score (nSPS) is 18.0. The van der Waals surface area contributed by atoms with Gasteiger partial charge in [-0.05, 0) is 69.3 Å². The number of amides is 1. The Morgan fingerprint density at radius 2 is 1.96 bits per heavy atom. The van der Waals surface area contributed by atoms with Crippen molar-refractivity contribution in [3.63, 3.8) is 0 Å². The van der Waals surface area contributed by atoms with Crippen LogP contribution >= 0.6 is 0 Å². The Bertz CT molecular complexity index is 1500. The first-order valence-corrected chi connectivity index (χ1v) is 15.2. The Labute approximate surface area is 265 Å². The minimum Gasteiger partial charge on any atom is -0.493 e. The summed E-state index contributed by atoms with van der Waals surface area (Å²) in [5.74, 6) is 0.0237. The number of piperidine rings is 1. The van der Waals surface area contributed by atoms with E-state index in [2.05, 4.69) is 20.9 Å². The predicted octanol–water partition coefficient (Wildman–Crippen LogP) is 5.58. The summed E-state index contributed by atoms with van der Waals surface area (Å²) < 4.78 is 71.4. The number of fused-ring (bicyclic) bond motifs is 1. The molecule has 2 aromatic rings. The molecule has 13 heteroatoms. The first kappa shape index (κ1) is 34.9. The van der Waals surface area contributed by atoms with E-state index >= 15 is 4.39 Å². The van der Waals surface area contributed by atoms with Gasteiger partial charge in [0.05, 0.1) is 24.8 Å². The molecule has 1 aromatic carbocycles. The van der Waals surface area contributed by atoms with Crippen molar-refractivity contribution < 1.29 is 41.7 Å². The van der Waals surface area contributed by atoms with Crippen LogP contribution < -0.4 is 30.2 Å². The highest BCUT2D eigenvalue weighted by atomic mass is 19.4. The van der Waals surface area contributed by atoms with E-state index in [9.17, 15) is 23.1 Å². The molecule has 0 spiro atoms. The third-order valence-electron chi connectivity index (χ3n) is 7.75. The fraction of sp³-hybridized carbons (Fsp3) is 0.455. The van der Waals surface area contributed by atoms with Crippen molar-refractivity contribution in [2.75, 3.05) is 33.4 Å². The van der Waals surface area contributed by atoms with Crippen LogP contribution in [0.5, 0.6) is 17.2 Å². The van der Waals surface area contributed by atoms with E-state index in [1.807, 2.05) is 0 Å². The fourth-order valence-corrected chi connectivity index (χ4v) is 5.06. The molecular formula is C33H40F4N4O5. The second-order valence-electron chi connectivity index (χ2n) is 11.3. The lowest BCUT2D eigenvalue weighted by Gasteiger charge is -2.23. The van der Waals surface area contributed by atoms with Crippen LogP contribution in [0.3, 0.4) is 0 Å². The van der Waals surface area contributed by atoms with Crippen molar-refractivity contribution >= 4 is 16.8 Å². The number of ether oxygens (including phenoxy) is 3. The van der Waals surface area contributed by atoms with Gasteiger partial charge in [-0.3, -0.25) is 15.1 Å². The molecule has 250 valence electrons. The molecule has 2 atom stereocenters. The first-order chi connectivity index (χ1) is 22.0. The van der Waals surface area contributed by atoms with Gasteiger partial charge in [-0.2, -0.15) is 13.2 Å². The number of benzene rings is 1. The van der Waals surface area contributed by atoms with Crippen molar-refractivity contribution in [2.24, 2.45) is 11.8 Å². The Morgan fingerprint density at radius 3 is 2.63 bits per heavy atom. The first-order valence-electron chi connectivity index (χ1n) is 15.2. The van der Waals surface area contributed by atoms with Crippen molar-refractivity contribution in [1.29, 1.82) is 0 Å². The molecule has 2 heterocycles. The van der Waals surface area contributed by atoms with E-state index in [-0.39, 0.29) is 30.8 Å². The van der Waals surface area contributed by atoms with Gasteiger partial charge in [-0.15, -0.1) is 0 Å². The zero-order valence-corrected chi connectivity index (χ0v) is 26.0. The van der Waals surface area contributed by atoms with Crippen LogP contribution in [0.15, 0.2) is 71.6 Å². The zero-order chi connectivity index (χ0) is 33.3. The van der Waals surface area contributed by atoms with Crippen LogP contribution in [0.25, 0.3) is 10.9 Å². The molecular weight excluding hydrogens is 608 g/mol. The SMILES string of the molecule is C/C=C(\C=C/C(C)CNC(O)C(=O)NC1=CC(F)=C(Oc2ccnc3cc(OCC4CCNCC4)c(OC)cc23)CC1)C(F)(F)F. The largest absolute Gasteiger partial charge is 0.493 e. The lowest BCUT2D eigenvalue weighted by atomic mass is 9.99. The number of nitrogens with one attached hydrogen (secondary N) is 3. The molecule has 1 amide bonds. The second-order valence-corrected chi connectivity index (χ2v) is 11.3. The summed E-state index contributed by atoms with van der Waals surface area (Å²) in [6.45, 7) is 5.45. The third kappa shape index (κ3) is 9.54. The summed E-state index contributed by atoms with van der Waals surface area (Å²) in [5.41, 5.74) is 0.0374. The second kappa shape index (κ2) is 16.1. The van der Waals surface area contributed by atoms with Crippen LogP contribution in [-0.2, 0) is 4.79 Å². The molecule has 2 unspecified atom stereocenters. The molecule has 1 aliphatic heterocycles. The summed E-state index contributed by atoms with van der Waals surface area (Å²) in [6, 6.07) is 5.15. The van der Waals surface area contributed by atoms with Crippen molar-refractivity contribution in [3.05, 3.63) is 71.6 Å². The highest BCUT2D eigenvalue weighted by Crippen LogP contribution is 2.38. The number of carbonyl (C=O) groups is 1. The Kier molecular flexibility index (Phi) is 12.2. The van der Waals surface area contributed by atoms with Crippen LogP contribution in [-0.4, -0.2) is 61.8 Å². The van der Waals surface area contributed by atoms with Crippen molar-refractivity contribution in [3.8, 4) is 17.2 Å². The number of alkyl halides is 3. The molecule has 1 saturated heterocycles. The number of pyridine rings is 1. The zero-order valence-electron chi connectivity index (χ0n) is 26.0. The number of aliphatic hydroxyl groups is 1. The van der Waals surface area contributed by atoms with Gasteiger partial charge in [-0.25, -0.2) is 4.39 Å². The lowest BCUT2D eigenvalue weighted by molar-refractivity contribution is -0.130. The number of carbonyl (C=O) groups excluding carboxylic acids is 1. The number of nitrogens with zero attached hydrogens (tertiary/aromatic N) is 1. The van der Waals surface area contributed by atoms with Gasteiger partial charge in [0.1, 0.15) is 11.5 Å². The predicted molar refractivity (Wildman–Crippen MR) is 166 cm³/mol. The summed E-state index contributed by atoms with van der Waals surface area (Å²) >= 11 is 0. The van der Waals surface area contributed by atoms with Gasteiger partial charge in [0, 0.05) is 36.3 Å². The summed E-state index contributed by atoms with van der Waals surface area (Å²) in [7, 11) is 1.54. The van der Waals surface area contributed by atoms with Gasteiger partial charge >= 0.3 is 6.18 Å². The molecule has 2 aliphatic rings. The Balaban J connectivity index is 1.36. The highest BCUT2D eigenvalue weighted by Gasteiger charge is 2.31. The molecule has 1 aromatic heterocycles. The number of hydrogen-bond donors (Lipinski definition) is 4. The maximum absolute atomic E-state index is 15.1. The van der Waals surface area contributed by atoms with E-state index in [4.69, 9.17) is 14.2 Å². The van der Waals surface area contributed by atoms with Gasteiger partial charge in [0.25, 0.3) is 5.91 Å². The standard InChI is InChI=1S/C33H40F4N4O5/c1-4-22(33(35,36)37)6-5-20(2)18-40-31(42)32(43)41-23-7-8-28(25(34)15-23)46-27-11-14-39-26-17-30(29(44-3)16-24(26)27)45-19-21-9-12-38-13-10-21/h4-6,11,14-17,20-21,31,38,40,42H,7-10,12-13,18-19H2,1-3H3,(H,41,43)/b6-5-,22-4+. The number of hydrogen-bond acceptors (Lipinski definition) is 8. The van der Waals surface area contributed by atoms with Gasteiger partial charge in [0.2, 0.25) is 0 Å². The molecule has 1 aliphatic carbocycles. The Hall–Kier alpha value is -3.94. The van der Waals surface area contributed by atoms with E-state index in [0.29, 0.717) is 40.7 Å². The highest BCUT2D eigenvalue weighted by molar-refractivity contribution is 5.88. The molecule has 0 saturated carbocycles. The molecule has 9 nitrogen and oxygen atoms in total. The number of allylic oxidation sites excluding steroid dienone is 7. The average molecular weight is 649 g/mol. The molecule has 4 N–H and O–H groups in total. The van der Waals surface area contributed by atoms with Gasteiger partial charge in [-0.1, -0.05) is 25.2 Å². The summed E-state index contributed by atoms with van der Waals surface area (Å²) in [4.78, 5) is 16.9. The number of aromatic nitrogens is 1. The molecule has 0 bridgehead atoms. The third-order valence-corrected chi connectivity index (χ3v) is 7.75. The van der Waals surface area contributed by atoms with Crippen molar-refractivity contribution in [1.82, 2.24) is 20.9 Å². The molecule has 1 fully saturated rings. The monoisotopic (exact) mass is 648 g/mol. The number of methoxy groups -OCH3 is 1. The number of halogens is 4. The van der Waals surface area contributed by atoms with Gasteiger partial charge in [0.15, 0.2) is 23.6 Å². The van der Waals surface area contributed by atoms with Crippen LogP contribution in [0.1, 0.15) is 39.5 Å². The minimum absolute atomic E-state index is 0.0295. The maximum atomic E-state index is 15.1.